The van der Waals surface area contributed by atoms with Gasteiger partial charge >= 0.3 is 0 Å². The van der Waals surface area contributed by atoms with Crippen LogP contribution in [0.2, 0.25) is 0 Å². The fourth-order valence-electron chi connectivity index (χ4n) is 4.34. The summed E-state index contributed by atoms with van der Waals surface area (Å²) in [6.45, 7) is 11.6. The van der Waals surface area contributed by atoms with Gasteiger partial charge in [-0.05, 0) is 80.0 Å². The van der Waals surface area contributed by atoms with E-state index in [1.54, 1.807) is 0 Å². The molecule has 2 aliphatic rings. The van der Waals surface area contributed by atoms with Crippen LogP contribution in [0, 0.1) is 11.6 Å². The average Bonchev–Trinajstić information content (AvgIpc) is 2.87. The van der Waals surface area contributed by atoms with Crippen LogP contribution in [0.1, 0.15) is 39.2 Å². The number of nitrogens with zero attached hydrogens (tertiary/aromatic N) is 2. The molecular weight excluding hydrogens is 456 g/mol. The van der Waals surface area contributed by atoms with E-state index in [2.05, 4.69) is 23.8 Å². The summed E-state index contributed by atoms with van der Waals surface area (Å²) in [6, 6.07) is 3.53. The summed E-state index contributed by atoms with van der Waals surface area (Å²) in [6.07, 6.45) is 13.0. The van der Waals surface area contributed by atoms with E-state index in [0.717, 1.165) is 73.8 Å². The van der Waals surface area contributed by atoms with E-state index in [1.807, 2.05) is 50.3 Å². The zero-order valence-corrected chi connectivity index (χ0v) is 22.0. The van der Waals surface area contributed by atoms with Gasteiger partial charge in [-0.2, -0.15) is 0 Å². The van der Waals surface area contributed by atoms with Crippen LogP contribution in [-0.2, 0) is 4.74 Å². The Morgan fingerprint density at radius 1 is 1.14 bits per heavy atom. The van der Waals surface area contributed by atoms with Gasteiger partial charge in [-0.1, -0.05) is 31.2 Å². The number of hydrogen-bond donors (Lipinski definition) is 1. The lowest BCUT2D eigenvalue weighted by Gasteiger charge is -2.32. The number of ether oxygens (including phenoxy) is 1. The molecule has 0 unspecified atom stereocenters. The van der Waals surface area contributed by atoms with Crippen molar-refractivity contribution >= 4 is 5.57 Å². The Labute approximate surface area is 214 Å². The van der Waals surface area contributed by atoms with Crippen molar-refractivity contribution < 1.29 is 13.5 Å². The lowest BCUT2D eigenvalue weighted by Crippen LogP contribution is -2.45. The van der Waals surface area contributed by atoms with Gasteiger partial charge in [-0.25, -0.2) is 8.78 Å². The number of piperazine rings is 1. The summed E-state index contributed by atoms with van der Waals surface area (Å²) in [4.78, 5) is 4.71. The van der Waals surface area contributed by atoms with Crippen molar-refractivity contribution in [1.82, 2.24) is 9.80 Å². The van der Waals surface area contributed by atoms with Crippen molar-refractivity contribution in [1.29, 1.82) is 0 Å². The number of benzene rings is 1. The van der Waals surface area contributed by atoms with Crippen LogP contribution in [-0.4, -0.2) is 56.2 Å². The second-order valence-corrected chi connectivity index (χ2v) is 9.38. The van der Waals surface area contributed by atoms with Crippen molar-refractivity contribution in [3.05, 3.63) is 100 Å². The van der Waals surface area contributed by atoms with Crippen LogP contribution in [0.25, 0.3) is 5.57 Å². The second kappa shape index (κ2) is 13.4. The van der Waals surface area contributed by atoms with E-state index in [9.17, 15) is 8.78 Å². The van der Waals surface area contributed by atoms with Crippen LogP contribution in [0.4, 0.5) is 8.78 Å². The van der Waals surface area contributed by atoms with Gasteiger partial charge in [0.2, 0.25) is 0 Å². The molecule has 6 heteroatoms. The molecule has 194 valence electrons. The van der Waals surface area contributed by atoms with Gasteiger partial charge in [-0.15, -0.1) is 0 Å². The Balaban J connectivity index is 1.87. The molecule has 1 heterocycles. The van der Waals surface area contributed by atoms with E-state index in [-0.39, 0.29) is 5.56 Å². The molecule has 1 fully saturated rings. The zero-order chi connectivity index (χ0) is 26.1. The molecule has 0 radical (unpaired) electrons. The van der Waals surface area contributed by atoms with E-state index >= 15 is 0 Å². The molecule has 4 nitrogen and oxygen atoms in total. The molecule has 36 heavy (non-hydrogen) atoms. The molecule has 2 N–H and O–H groups in total. The Morgan fingerprint density at radius 3 is 2.58 bits per heavy atom. The standard InChI is InChI=1S/C30H39F2N3O/c1-5-7-8-23(6-2)30(33)17-22(3)24-18-25(28-21-26(31)9-10-29(28)32)20-27(19-24)36-16-15-35-13-11-34(4)12-14-35/h5,7-10,17-18,20-21H,6,11-16,19,33H2,1-4H3/b7-5-,23-8+,24-22-,30-17-. The van der Waals surface area contributed by atoms with Gasteiger partial charge in [0, 0.05) is 50.4 Å². The first-order valence-corrected chi connectivity index (χ1v) is 12.7. The monoisotopic (exact) mass is 495 g/mol. The molecule has 0 amide bonds. The van der Waals surface area contributed by atoms with Crippen LogP contribution >= 0.6 is 0 Å². The van der Waals surface area contributed by atoms with Gasteiger partial charge in [0.1, 0.15) is 24.0 Å². The predicted molar refractivity (Wildman–Crippen MR) is 145 cm³/mol. The largest absolute Gasteiger partial charge is 0.496 e. The number of likely N-dealkylation sites (N-methyl/N-ethyl adjacent to an activating group) is 1. The predicted octanol–water partition coefficient (Wildman–Crippen LogP) is 5.97. The van der Waals surface area contributed by atoms with Gasteiger partial charge < -0.3 is 15.4 Å². The quantitative estimate of drug-likeness (QED) is 0.429. The van der Waals surface area contributed by atoms with Gasteiger partial charge in [0.05, 0.1) is 0 Å². The SMILES string of the molecule is C\C=C/C=C(CC)/C(N)=C/C(C)=C1/C=C(c2cc(F)ccc2F)C=C(OCCN2CCN(C)CC2)C1. The molecule has 1 aliphatic heterocycles. The van der Waals surface area contributed by atoms with Crippen molar-refractivity contribution in [3.8, 4) is 0 Å². The van der Waals surface area contributed by atoms with Crippen molar-refractivity contribution in [3.63, 3.8) is 0 Å². The summed E-state index contributed by atoms with van der Waals surface area (Å²) in [5.74, 6) is -0.198. The maximum absolute atomic E-state index is 14.7. The van der Waals surface area contributed by atoms with Gasteiger partial charge in [-0.3, -0.25) is 4.90 Å². The molecule has 0 bridgehead atoms. The fraction of sp³-hybridized carbons (Fsp3) is 0.400. The van der Waals surface area contributed by atoms with E-state index in [4.69, 9.17) is 10.5 Å². The molecule has 1 aliphatic carbocycles. The fourth-order valence-corrected chi connectivity index (χ4v) is 4.34. The lowest BCUT2D eigenvalue weighted by molar-refractivity contribution is 0.111. The summed E-state index contributed by atoms with van der Waals surface area (Å²) < 4.78 is 34.8. The summed E-state index contributed by atoms with van der Waals surface area (Å²) in [5.41, 5.74) is 10.9. The molecule has 1 aromatic carbocycles. The molecule has 0 aromatic heterocycles. The minimum Gasteiger partial charge on any atom is -0.496 e. The number of allylic oxidation sites excluding steroid dienone is 10. The highest BCUT2D eigenvalue weighted by atomic mass is 19.1. The van der Waals surface area contributed by atoms with Crippen LogP contribution < -0.4 is 5.73 Å². The first-order valence-electron chi connectivity index (χ1n) is 12.7. The molecule has 0 atom stereocenters. The zero-order valence-electron chi connectivity index (χ0n) is 22.0. The molecule has 1 saturated heterocycles. The third kappa shape index (κ3) is 7.77. The Bertz CT molecular complexity index is 1100. The topological polar surface area (TPSA) is 41.7 Å². The van der Waals surface area contributed by atoms with Crippen LogP contribution in [0.15, 0.2) is 82.8 Å². The highest BCUT2D eigenvalue weighted by Gasteiger charge is 2.18. The third-order valence-corrected chi connectivity index (χ3v) is 6.66. The van der Waals surface area contributed by atoms with Gasteiger partial charge in [0.15, 0.2) is 0 Å². The van der Waals surface area contributed by atoms with Crippen LogP contribution in [0.3, 0.4) is 0 Å². The highest BCUT2D eigenvalue weighted by molar-refractivity contribution is 5.79. The minimum atomic E-state index is -0.475. The Kier molecular flexibility index (Phi) is 10.3. The summed E-state index contributed by atoms with van der Waals surface area (Å²) >= 11 is 0. The van der Waals surface area contributed by atoms with Crippen molar-refractivity contribution in [2.45, 2.75) is 33.6 Å². The normalized spacial score (nSPS) is 19.9. The third-order valence-electron chi connectivity index (χ3n) is 6.66. The maximum atomic E-state index is 14.7. The van der Waals surface area contributed by atoms with E-state index in [1.165, 1.54) is 6.07 Å². The van der Waals surface area contributed by atoms with E-state index < -0.39 is 11.6 Å². The number of halogens is 2. The lowest BCUT2D eigenvalue weighted by atomic mass is 9.91. The average molecular weight is 496 g/mol. The first-order chi connectivity index (χ1) is 17.3. The number of hydrogen-bond acceptors (Lipinski definition) is 4. The van der Waals surface area contributed by atoms with Crippen LogP contribution in [0.5, 0.6) is 0 Å². The number of rotatable bonds is 9. The molecule has 1 aromatic rings. The molecule has 0 spiro atoms. The van der Waals surface area contributed by atoms with E-state index in [0.29, 0.717) is 24.3 Å². The highest BCUT2D eigenvalue weighted by Crippen LogP contribution is 2.33. The maximum Gasteiger partial charge on any atom is 0.131 e. The summed E-state index contributed by atoms with van der Waals surface area (Å²) in [5, 5.41) is 0. The smallest absolute Gasteiger partial charge is 0.131 e. The van der Waals surface area contributed by atoms with Crippen molar-refractivity contribution in [2.75, 3.05) is 46.4 Å². The molecular formula is C30H39F2N3O. The summed E-state index contributed by atoms with van der Waals surface area (Å²) in [7, 11) is 2.14. The molecule has 0 saturated carbocycles. The number of nitrogens with two attached hydrogens (primary N) is 1. The Morgan fingerprint density at radius 2 is 1.89 bits per heavy atom. The first kappa shape index (κ1) is 27.6. The molecule has 3 rings (SSSR count). The Hall–Kier alpha value is -2.96. The second-order valence-electron chi connectivity index (χ2n) is 9.38. The van der Waals surface area contributed by atoms with Crippen molar-refractivity contribution in [2.24, 2.45) is 5.73 Å². The minimum absolute atomic E-state index is 0.222. The van der Waals surface area contributed by atoms with Gasteiger partial charge in [0.25, 0.3) is 0 Å².